The second-order valence-electron chi connectivity index (χ2n) is 4.63. The molecule has 1 aromatic rings. The molecule has 94 valence electrons. The largest absolute Gasteiger partial charge is 0.370 e. The molecule has 1 aliphatic carbocycles. The minimum Gasteiger partial charge on any atom is -0.370 e. The Kier molecular flexibility index (Phi) is 4.26. The minimum absolute atomic E-state index is 0.228. The Morgan fingerprint density at radius 1 is 1.24 bits per heavy atom. The van der Waals surface area contributed by atoms with Crippen LogP contribution >= 0.6 is 11.6 Å². The third-order valence-electron chi connectivity index (χ3n) is 3.62. The Morgan fingerprint density at radius 2 is 1.88 bits per heavy atom. The van der Waals surface area contributed by atoms with Crippen molar-refractivity contribution in [3.8, 4) is 0 Å². The zero-order valence-electron chi connectivity index (χ0n) is 10.1. The zero-order valence-corrected chi connectivity index (χ0v) is 10.9. The van der Waals surface area contributed by atoms with Crippen LogP contribution in [0.15, 0.2) is 24.3 Å². The molecule has 1 aromatic carbocycles. The molecule has 0 aromatic heterocycles. The Balaban J connectivity index is 2.02. The van der Waals surface area contributed by atoms with Gasteiger partial charge in [-0.1, -0.05) is 23.7 Å². The molecule has 0 amide bonds. The highest BCUT2D eigenvalue weighted by Gasteiger charge is 2.25. The number of para-hydroxylation sites is 1. The molecule has 17 heavy (non-hydrogen) atoms. The average molecular weight is 255 g/mol. The van der Waals surface area contributed by atoms with Crippen molar-refractivity contribution in [2.24, 2.45) is 5.90 Å². The minimum atomic E-state index is 0.228. The Morgan fingerprint density at radius 3 is 2.47 bits per heavy atom. The monoisotopic (exact) mass is 254 g/mol. The van der Waals surface area contributed by atoms with Gasteiger partial charge in [0, 0.05) is 13.1 Å². The van der Waals surface area contributed by atoms with Gasteiger partial charge in [0.2, 0.25) is 0 Å². The highest BCUT2D eigenvalue weighted by molar-refractivity contribution is 6.33. The standard InChI is InChI=1S/C13H19ClN2O/c1-16(13-5-3-2-4-12(13)14)10-6-8-11(17-15)9-7-10/h2-5,10-11H,6-9,15H2,1H3. The van der Waals surface area contributed by atoms with Crippen molar-refractivity contribution in [3.63, 3.8) is 0 Å². The summed E-state index contributed by atoms with van der Waals surface area (Å²) in [5.74, 6) is 5.23. The van der Waals surface area contributed by atoms with Crippen molar-refractivity contribution in [1.29, 1.82) is 0 Å². The number of nitrogens with two attached hydrogens (primary N) is 1. The number of hydrogen-bond acceptors (Lipinski definition) is 3. The molecule has 1 saturated carbocycles. The first-order valence-corrected chi connectivity index (χ1v) is 6.43. The molecule has 0 atom stereocenters. The molecule has 0 unspecified atom stereocenters. The molecule has 0 heterocycles. The summed E-state index contributed by atoms with van der Waals surface area (Å²) < 4.78 is 0. The summed E-state index contributed by atoms with van der Waals surface area (Å²) >= 11 is 6.21. The summed E-state index contributed by atoms with van der Waals surface area (Å²) in [5.41, 5.74) is 1.10. The van der Waals surface area contributed by atoms with E-state index < -0.39 is 0 Å². The van der Waals surface area contributed by atoms with Gasteiger partial charge in [0.1, 0.15) is 0 Å². The van der Waals surface area contributed by atoms with Crippen LogP contribution in [0.4, 0.5) is 5.69 Å². The van der Waals surface area contributed by atoms with Gasteiger partial charge >= 0.3 is 0 Å². The lowest BCUT2D eigenvalue weighted by molar-refractivity contribution is 0.0243. The van der Waals surface area contributed by atoms with E-state index >= 15 is 0 Å². The predicted octanol–water partition coefficient (Wildman–Crippen LogP) is 2.98. The number of halogens is 1. The molecule has 1 fully saturated rings. The first-order chi connectivity index (χ1) is 8.22. The summed E-state index contributed by atoms with van der Waals surface area (Å²) in [6, 6.07) is 8.50. The van der Waals surface area contributed by atoms with Crippen LogP contribution in [0.3, 0.4) is 0 Å². The van der Waals surface area contributed by atoms with Crippen LogP contribution in [0.5, 0.6) is 0 Å². The van der Waals surface area contributed by atoms with Crippen molar-refractivity contribution >= 4 is 17.3 Å². The lowest BCUT2D eigenvalue weighted by atomic mass is 9.92. The first-order valence-electron chi connectivity index (χ1n) is 6.05. The molecule has 3 nitrogen and oxygen atoms in total. The Labute approximate surface area is 107 Å². The van der Waals surface area contributed by atoms with Crippen molar-refractivity contribution in [2.45, 2.75) is 37.8 Å². The van der Waals surface area contributed by atoms with Gasteiger partial charge in [-0.2, -0.15) is 0 Å². The van der Waals surface area contributed by atoms with Gasteiger partial charge in [0.05, 0.1) is 16.8 Å². The average Bonchev–Trinajstić information content (AvgIpc) is 2.39. The molecule has 4 heteroatoms. The SMILES string of the molecule is CN(c1ccccc1Cl)C1CCC(ON)CC1. The van der Waals surface area contributed by atoms with Crippen LogP contribution in [0, 0.1) is 0 Å². The maximum Gasteiger partial charge on any atom is 0.0789 e. The first kappa shape index (κ1) is 12.7. The highest BCUT2D eigenvalue weighted by atomic mass is 35.5. The number of rotatable bonds is 3. The van der Waals surface area contributed by atoms with Crippen molar-refractivity contribution in [2.75, 3.05) is 11.9 Å². The maximum absolute atomic E-state index is 6.21. The smallest absolute Gasteiger partial charge is 0.0789 e. The fourth-order valence-electron chi connectivity index (χ4n) is 2.50. The molecular formula is C13H19ClN2O. The molecule has 0 aliphatic heterocycles. The van der Waals surface area contributed by atoms with E-state index in [0.717, 1.165) is 36.4 Å². The summed E-state index contributed by atoms with van der Waals surface area (Å²) in [5, 5.41) is 0.812. The third kappa shape index (κ3) is 2.92. The molecule has 1 aliphatic rings. The number of anilines is 1. The fraction of sp³-hybridized carbons (Fsp3) is 0.538. The lowest BCUT2D eigenvalue weighted by Crippen LogP contribution is -2.37. The van der Waals surface area contributed by atoms with E-state index in [1.165, 1.54) is 0 Å². The quantitative estimate of drug-likeness (QED) is 0.843. The van der Waals surface area contributed by atoms with Crippen molar-refractivity contribution < 1.29 is 4.84 Å². The molecule has 2 rings (SSSR count). The molecule has 0 radical (unpaired) electrons. The Bertz CT molecular complexity index is 364. The van der Waals surface area contributed by atoms with Gasteiger partial charge in [-0.15, -0.1) is 0 Å². The van der Waals surface area contributed by atoms with E-state index in [-0.39, 0.29) is 6.10 Å². The number of benzene rings is 1. The molecular weight excluding hydrogens is 236 g/mol. The fourth-order valence-corrected chi connectivity index (χ4v) is 2.77. The summed E-state index contributed by atoms with van der Waals surface area (Å²) in [4.78, 5) is 7.18. The normalized spacial score (nSPS) is 24.6. The van der Waals surface area contributed by atoms with Crippen LogP contribution in [-0.4, -0.2) is 19.2 Å². The summed E-state index contributed by atoms with van der Waals surface area (Å²) in [6.07, 6.45) is 4.48. The second-order valence-corrected chi connectivity index (χ2v) is 5.04. The van der Waals surface area contributed by atoms with Gasteiger partial charge < -0.3 is 9.74 Å². The van der Waals surface area contributed by atoms with Crippen LogP contribution in [0.25, 0.3) is 0 Å². The summed E-state index contributed by atoms with van der Waals surface area (Å²) in [6.45, 7) is 0. The van der Waals surface area contributed by atoms with Crippen LogP contribution in [-0.2, 0) is 4.84 Å². The van der Waals surface area contributed by atoms with Crippen molar-refractivity contribution in [1.82, 2.24) is 0 Å². The van der Waals surface area contributed by atoms with E-state index in [9.17, 15) is 0 Å². The topological polar surface area (TPSA) is 38.5 Å². The second kappa shape index (κ2) is 5.71. The van der Waals surface area contributed by atoms with Gasteiger partial charge in [0.15, 0.2) is 0 Å². The van der Waals surface area contributed by atoms with E-state index in [1.54, 1.807) is 0 Å². The Hall–Kier alpha value is -0.770. The van der Waals surface area contributed by atoms with Crippen LogP contribution < -0.4 is 10.8 Å². The molecule has 0 saturated heterocycles. The van der Waals surface area contributed by atoms with Gasteiger partial charge in [-0.05, 0) is 37.8 Å². The van der Waals surface area contributed by atoms with E-state index in [2.05, 4.69) is 18.0 Å². The predicted molar refractivity (Wildman–Crippen MR) is 71.2 cm³/mol. The number of nitrogens with zero attached hydrogens (tertiary/aromatic N) is 1. The van der Waals surface area contributed by atoms with Crippen LogP contribution in [0.1, 0.15) is 25.7 Å². The molecule has 0 spiro atoms. The summed E-state index contributed by atoms with van der Waals surface area (Å²) in [7, 11) is 2.11. The third-order valence-corrected chi connectivity index (χ3v) is 3.94. The maximum atomic E-state index is 6.21. The van der Waals surface area contributed by atoms with Gasteiger partial charge in [-0.3, -0.25) is 0 Å². The van der Waals surface area contributed by atoms with Gasteiger partial charge in [-0.25, -0.2) is 5.90 Å². The molecule has 0 bridgehead atoms. The van der Waals surface area contributed by atoms with E-state index in [4.69, 9.17) is 22.3 Å². The molecule has 2 N–H and O–H groups in total. The number of hydrogen-bond donors (Lipinski definition) is 1. The van der Waals surface area contributed by atoms with Crippen molar-refractivity contribution in [3.05, 3.63) is 29.3 Å². The zero-order chi connectivity index (χ0) is 12.3. The highest BCUT2D eigenvalue weighted by Crippen LogP contribution is 2.31. The lowest BCUT2D eigenvalue weighted by Gasteiger charge is -2.35. The van der Waals surface area contributed by atoms with Crippen LogP contribution in [0.2, 0.25) is 5.02 Å². The van der Waals surface area contributed by atoms with E-state index in [1.807, 2.05) is 18.2 Å². The van der Waals surface area contributed by atoms with E-state index in [0.29, 0.717) is 6.04 Å². The van der Waals surface area contributed by atoms with Gasteiger partial charge in [0.25, 0.3) is 0 Å².